The molecule has 1 aromatic rings. The molecule has 0 aliphatic rings. The Kier molecular flexibility index (Phi) is 3.79. The van der Waals surface area contributed by atoms with Crippen LogP contribution in [-0.2, 0) is 11.2 Å². The maximum Gasteiger partial charge on any atom is 0.422 e. The van der Waals surface area contributed by atoms with Crippen LogP contribution in [-0.4, -0.2) is 18.8 Å². The van der Waals surface area contributed by atoms with Crippen molar-refractivity contribution >= 4 is 23.0 Å². The van der Waals surface area contributed by atoms with Crippen molar-refractivity contribution in [3.05, 3.63) is 15.8 Å². The van der Waals surface area contributed by atoms with Crippen molar-refractivity contribution in [1.82, 2.24) is 0 Å². The number of alkyl halides is 3. The average Bonchev–Trinajstić information content (AvgIpc) is 2.55. The molecule has 0 unspecified atom stereocenters. The van der Waals surface area contributed by atoms with Crippen LogP contribution in [0.4, 0.5) is 18.9 Å². The number of ether oxygens (including phenoxy) is 1. The molecule has 0 aromatic carbocycles. The number of hydrogen-bond donors (Lipinski definition) is 1. The van der Waals surface area contributed by atoms with Crippen LogP contribution in [0.2, 0.25) is 0 Å². The van der Waals surface area contributed by atoms with Crippen LogP contribution >= 0.6 is 11.3 Å². The first-order chi connectivity index (χ1) is 7.33. The third kappa shape index (κ3) is 3.41. The molecular formula is C9H10F3NO2S. The van der Waals surface area contributed by atoms with Crippen molar-refractivity contribution in [3.8, 4) is 0 Å². The van der Waals surface area contributed by atoms with Crippen molar-refractivity contribution in [2.75, 3.05) is 12.3 Å². The molecule has 2 N–H and O–H groups in total. The minimum absolute atomic E-state index is 0.0288. The van der Waals surface area contributed by atoms with E-state index in [9.17, 15) is 18.0 Å². The lowest BCUT2D eigenvalue weighted by Crippen LogP contribution is -2.20. The second-order valence-corrected chi connectivity index (χ2v) is 4.18. The van der Waals surface area contributed by atoms with Gasteiger partial charge in [-0.1, -0.05) is 6.92 Å². The van der Waals surface area contributed by atoms with Crippen LogP contribution < -0.4 is 5.73 Å². The van der Waals surface area contributed by atoms with E-state index in [1.807, 2.05) is 6.92 Å². The molecule has 0 aliphatic heterocycles. The zero-order valence-electron chi connectivity index (χ0n) is 8.43. The molecule has 0 amide bonds. The highest BCUT2D eigenvalue weighted by molar-refractivity contribution is 7.14. The van der Waals surface area contributed by atoms with Crippen molar-refractivity contribution < 1.29 is 22.7 Å². The van der Waals surface area contributed by atoms with Gasteiger partial charge in [0.15, 0.2) is 6.61 Å². The SMILES string of the molecule is CCc1cc(N)c(C(=O)OCC(F)(F)F)s1. The van der Waals surface area contributed by atoms with E-state index in [1.54, 1.807) is 6.07 Å². The van der Waals surface area contributed by atoms with Crippen molar-refractivity contribution in [2.24, 2.45) is 0 Å². The maximum atomic E-state index is 11.8. The third-order valence-electron chi connectivity index (χ3n) is 1.71. The Bertz CT molecular complexity index is 387. The van der Waals surface area contributed by atoms with Gasteiger partial charge < -0.3 is 10.5 Å². The van der Waals surface area contributed by atoms with E-state index < -0.39 is 18.8 Å². The Morgan fingerprint density at radius 3 is 2.62 bits per heavy atom. The number of nitrogens with two attached hydrogens (primary N) is 1. The standard InChI is InChI=1S/C9H10F3NO2S/c1-2-5-3-6(13)7(16-5)8(14)15-4-9(10,11)12/h3H,2,4,13H2,1H3. The fraction of sp³-hybridized carbons (Fsp3) is 0.444. The molecule has 1 heterocycles. The van der Waals surface area contributed by atoms with Crippen LogP contribution in [0.1, 0.15) is 21.5 Å². The average molecular weight is 253 g/mol. The number of esters is 1. The monoisotopic (exact) mass is 253 g/mol. The molecule has 3 nitrogen and oxygen atoms in total. The number of halogens is 3. The molecule has 1 aromatic heterocycles. The zero-order chi connectivity index (χ0) is 12.3. The largest absolute Gasteiger partial charge is 0.452 e. The van der Waals surface area contributed by atoms with Crippen molar-refractivity contribution in [2.45, 2.75) is 19.5 Å². The van der Waals surface area contributed by atoms with Gasteiger partial charge in [0.2, 0.25) is 0 Å². The Labute approximate surface area is 94.0 Å². The number of nitrogen functional groups attached to an aromatic ring is 1. The number of hydrogen-bond acceptors (Lipinski definition) is 4. The lowest BCUT2D eigenvalue weighted by Gasteiger charge is -2.06. The number of anilines is 1. The van der Waals surface area contributed by atoms with E-state index in [4.69, 9.17) is 5.73 Å². The predicted octanol–water partition coefficient (Wildman–Crippen LogP) is 2.61. The van der Waals surface area contributed by atoms with Gasteiger partial charge >= 0.3 is 12.1 Å². The van der Waals surface area contributed by atoms with Gasteiger partial charge in [-0.15, -0.1) is 11.3 Å². The van der Waals surface area contributed by atoms with Crippen molar-refractivity contribution in [1.29, 1.82) is 0 Å². The van der Waals surface area contributed by atoms with E-state index in [2.05, 4.69) is 4.74 Å². The topological polar surface area (TPSA) is 52.3 Å². The molecular weight excluding hydrogens is 243 g/mol. The molecule has 0 saturated heterocycles. The van der Waals surface area contributed by atoms with Crippen LogP contribution in [0.25, 0.3) is 0 Å². The molecule has 16 heavy (non-hydrogen) atoms. The van der Waals surface area contributed by atoms with E-state index in [0.29, 0.717) is 6.42 Å². The predicted molar refractivity (Wildman–Crippen MR) is 54.4 cm³/mol. The molecule has 1 rings (SSSR count). The summed E-state index contributed by atoms with van der Waals surface area (Å²) in [4.78, 5) is 12.1. The normalized spacial score (nSPS) is 11.5. The number of carbonyl (C=O) groups excluding carboxylic acids is 1. The third-order valence-corrected chi connectivity index (χ3v) is 2.99. The molecule has 0 spiro atoms. The molecule has 0 bridgehead atoms. The molecule has 90 valence electrons. The maximum absolute atomic E-state index is 11.8. The molecule has 0 radical (unpaired) electrons. The van der Waals surface area contributed by atoms with E-state index in [1.165, 1.54) is 0 Å². The summed E-state index contributed by atoms with van der Waals surface area (Å²) in [5, 5.41) is 0. The van der Waals surface area contributed by atoms with Gasteiger partial charge in [-0.05, 0) is 12.5 Å². The smallest absolute Gasteiger partial charge is 0.422 e. The second kappa shape index (κ2) is 4.73. The molecule has 0 fully saturated rings. The molecule has 0 aliphatic carbocycles. The van der Waals surface area contributed by atoms with Gasteiger partial charge in [-0.3, -0.25) is 0 Å². The van der Waals surface area contributed by atoms with Crippen LogP contribution in [0.5, 0.6) is 0 Å². The summed E-state index contributed by atoms with van der Waals surface area (Å²) in [5.74, 6) is -1.03. The van der Waals surface area contributed by atoms with Gasteiger partial charge in [0.1, 0.15) is 4.88 Å². The Morgan fingerprint density at radius 1 is 1.56 bits per heavy atom. The molecule has 0 saturated carbocycles. The van der Waals surface area contributed by atoms with Gasteiger partial charge in [0.25, 0.3) is 0 Å². The minimum Gasteiger partial charge on any atom is -0.452 e. The fourth-order valence-electron chi connectivity index (χ4n) is 1.01. The Hall–Kier alpha value is -1.24. The highest BCUT2D eigenvalue weighted by Crippen LogP contribution is 2.26. The van der Waals surface area contributed by atoms with Crippen LogP contribution in [0.15, 0.2) is 6.07 Å². The number of thiophene rings is 1. The summed E-state index contributed by atoms with van der Waals surface area (Å²) < 4.78 is 39.5. The lowest BCUT2D eigenvalue weighted by molar-refractivity contribution is -0.161. The number of rotatable bonds is 3. The van der Waals surface area contributed by atoms with Crippen LogP contribution in [0, 0.1) is 0 Å². The van der Waals surface area contributed by atoms with E-state index >= 15 is 0 Å². The van der Waals surface area contributed by atoms with Gasteiger partial charge in [-0.2, -0.15) is 13.2 Å². The number of aryl methyl sites for hydroxylation is 1. The summed E-state index contributed by atoms with van der Waals surface area (Å²) in [5.41, 5.74) is 5.65. The Morgan fingerprint density at radius 2 is 2.19 bits per heavy atom. The zero-order valence-corrected chi connectivity index (χ0v) is 9.24. The minimum atomic E-state index is -4.52. The highest BCUT2D eigenvalue weighted by Gasteiger charge is 2.30. The first kappa shape index (κ1) is 12.8. The Balaban J connectivity index is 2.69. The summed E-state index contributed by atoms with van der Waals surface area (Å²) in [6.07, 6.45) is -3.85. The molecule has 0 atom stereocenters. The lowest BCUT2D eigenvalue weighted by atomic mass is 10.3. The number of carbonyl (C=O) groups is 1. The second-order valence-electron chi connectivity index (χ2n) is 3.04. The summed E-state index contributed by atoms with van der Waals surface area (Å²) in [6.45, 7) is 0.265. The summed E-state index contributed by atoms with van der Waals surface area (Å²) in [7, 11) is 0. The first-order valence-electron chi connectivity index (χ1n) is 4.45. The fourth-order valence-corrected chi connectivity index (χ4v) is 1.92. The van der Waals surface area contributed by atoms with Gasteiger partial charge in [0, 0.05) is 4.88 Å². The van der Waals surface area contributed by atoms with Crippen LogP contribution in [0.3, 0.4) is 0 Å². The summed E-state index contributed by atoms with van der Waals surface area (Å²) >= 11 is 1.05. The van der Waals surface area contributed by atoms with Gasteiger partial charge in [0.05, 0.1) is 5.69 Å². The quantitative estimate of drug-likeness (QED) is 0.842. The van der Waals surface area contributed by atoms with E-state index in [0.717, 1.165) is 16.2 Å². The highest BCUT2D eigenvalue weighted by atomic mass is 32.1. The van der Waals surface area contributed by atoms with Crippen molar-refractivity contribution in [3.63, 3.8) is 0 Å². The van der Waals surface area contributed by atoms with E-state index in [-0.39, 0.29) is 10.6 Å². The molecule has 7 heteroatoms. The van der Waals surface area contributed by atoms with Gasteiger partial charge in [-0.25, -0.2) is 4.79 Å². The summed E-state index contributed by atoms with van der Waals surface area (Å²) in [6, 6.07) is 1.56. The first-order valence-corrected chi connectivity index (χ1v) is 5.27.